The Bertz CT molecular complexity index is 1180. The summed E-state index contributed by atoms with van der Waals surface area (Å²) in [5, 5.41) is 23.2. The lowest BCUT2D eigenvalue weighted by Gasteiger charge is -2.20. The first-order valence-corrected chi connectivity index (χ1v) is 32.8. The third-order valence-electron chi connectivity index (χ3n) is 15.1. The van der Waals surface area contributed by atoms with Gasteiger partial charge in [-0.15, -0.1) is 0 Å². The number of nitrogens with one attached hydrogen (secondary N) is 1. The van der Waals surface area contributed by atoms with Crippen LogP contribution in [0.4, 0.5) is 0 Å². The van der Waals surface area contributed by atoms with Gasteiger partial charge in [0.1, 0.15) is 0 Å². The van der Waals surface area contributed by atoms with E-state index >= 15 is 0 Å². The number of rotatable bonds is 61. The highest BCUT2D eigenvalue weighted by Gasteiger charge is 2.18. The Morgan fingerprint density at radius 1 is 0.370 bits per heavy atom. The average molecular weight is 1030 g/mol. The van der Waals surface area contributed by atoms with Crippen LogP contribution in [0.15, 0.2) is 36.5 Å². The van der Waals surface area contributed by atoms with Gasteiger partial charge in [0.2, 0.25) is 5.91 Å². The highest BCUT2D eigenvalue weighted by Crippen LogP contribution is 2.17. The van der Waals surface area contributed by atoms with E-state index in [0.717, 1.165) is 57.8 Å². The smallest absolute Gasteiger partial charge is 0.305 e. The summed E-state index contributed by atoms with van der Waals surface area (Å²) in [6.07, 6.45) is 79.0. The first-order chi connectivity index (χ1) is 36.0. The van der Waals surface area contributed by atoms with Crippen molar-refractivity contribution in [2.24, 2.45) is 0 Å². The quantitative estimate of drug-likeness (QED) is 0.0320. The molecule has 0 aliphatic rings. The van der Waals surface area contributed by atoms with Gasteiger partial charge in [-0.25, -0.2) is 0 Å². The molecule has 3 N–H and O–H groups in total. The number of allylic oxidation sites excluding steroid dienone is 5. The van der Waals surface area contributed by atoms with Crippen molar-refractivity contribution in [1.29, 1.82) is 0 Å². The van der Waals surface area contributed by atoms with Crippen LogP contribution in [-0.2, 0) is 14.3 Å². The second-order valence-corrected chi connectivity index (χ2v) is 22.4. The summed E-state index contributed by atoms with van der Waals surface area (Å²) in [7, 11) is 0. The third kappa shape index (κ3) is 59.2. The molecule has 430 valence electrons. The van der Waals surface area contributed by atoms with Gasteiger partial charge in [-0.3, -0.25) is 9.59 Å². The number of hydrogen-bond donors (Lipinski definition) is 3. The minimum absolute atomic E-state index is 0.00964. The van der Waals surface area contributed by atoms with Gasteiger partial charge in [0, 0.05) is 12.8 Å². The maximum Gasteiger partial charge on any atom is 0.305 e. The summed E-state index contributed by atoms with van der Waals surface area (Å²) < 4.78 is 5.48. The van der Waals surface area contributed by atoms with Crippen LogP contribution in [0.25, 0.3) is 0 Å². The normalized spacial score (nSPS) is 12.8. The van der Waals surface area contributed by atoms with Crippen LogP contribution < -0.4 is 5.32 Å². The number of hydrogen-bond acceptors (Lipinski definition) is 5. The van der Waals surface area contributed by atoms with Crippen LogP contribution >= 0.6 is 0 Å². The van der Waals surface area contributed by atoms with E-state index in [1.807, 2.05) is 6.08 Å². The Morgan fingerprint density at radius 3 is 0.973 bits per heavy atom. The maximum atomic E-state index is 12.5. The molecule has 2 unspecified atom stereocenters. The molecule has 0 bridgehead atoms. The van der Waals surface area contributed by atoms with Crippen LogP contribution in [-0.4, -0.2) is 47.4 Å². The van der Waals surface area contributed by atoms with E-state index in [2.05, 4.69) is 43.5 Å². The lowest BCUT2D eigenvalue weighted by Crippen LogP contribution is -2.45. The summed E-state index contributed by atoms with van der Waals surface area (Å²) in [4.78, 5) is 24.6. The van der Waals surface area contributed by atoms with E-state index in [4.69, 9.17) is 4.74 Å². The molecule has 0 saturated carbocycles. The maximum absolute atomic E-state index is 12.5. The van der Waals surface area contributed by atoms with Gasteiger partial charge < -0.3 is 20.3 Å². The van der Waals surface area contributed by atoms with E-state index in [0.29, 0.717) is 19.4 Å². The van der Waals surface area contributed by atoms with E-state index < -0.39 is 12.1 Å². The molecule has 0 heterocycles. The van der Waals surface area contributed by atoms with Crippen molar-refractivity contribution < 1.29 is 24.5 Å². The van der Waals surface area contributed by atoms with E-state index in [1.54, 1.807) is 6.08 Å². The lowest BCUT2D eigenvalue weighted by molar-refractivity contribution is -0.143. The van der Waals surface area contributed by atoms with Gasteiger partial charge >= 0.3 is 5.97 Å². The average Bonchev–Trinajstić information content (AvgIpc) is 3.39. The molecule has 2 atom stereocenters. The molecular weight excluding hydrogens is 899 g/mol. The Kier molecular flexibility index (Phi) is 61.0. The Balaban J connectivity index is 3.48. The number of carbonyl (C=O) groups excluding carboxylic acids is 2. The molecule has 6 nitrogen and oxygen atoms in total. The Labute approximate surface area is 455 Å². The number of carbonyl (C=O) groups is 2. The highest BCUT2D eigenvalue weighted by molar-refractivity contribution is 5.76. The summed E-state index contributed by atoms with van der Waals surface area (Å²) in [6, 6.07) is -0.639. The van der Waals surface area contributed by atoms with E-state index in [9.17, 15) is 19.8 Å². The number of aliphatic hydroxyl groups is 2. The lowest BCUT2D eigenvalue weighted by atomic mass is 10.0. The molecule has 0 aromatic rings. The molecule has 1 amide bonds. The molecule has 0 aromatic heterocycles. The standard InChI is InChI=1S/C67H127NO5/c1-3-5-7-9-11-13-15-17-19-21-22-23-24-25-26-28-31-35-39-43-47-51-55-59-65(70)64(63-69)68-66(71)60-56-52-48-44-40-36-32-29-27-30-34-38-42-46-50-54-58-62-73-67(72)61-57-53-49-45-41-37-33-20-18-16-14-12-10-8-6-4-2/h20,27,30,33,55,59,64-65,69-70H,3-19,21-26,28-29,31-32,34-54,56-58,60-63H2,1-2H3,(H,68,71)/b30-27-,33-20-,59-55+. The Morgan fingerprint density at radius 2 is 0.644 bits per heavy atom. The predicted octanol–water partition coefficient (Wildman–Crippen LogP) is 20.8. The van der Waals surface area contributed by atoms with Crippen molar-refractivity contribution in [3.05, 3.63) is 36.5 Å². The largest absolute Gasteiger partial charge is 0.466 e. The SMILES string of the molecule is CCCCCCCCC/C=C\CCCCCCCC(=O)OCCCCCCCC/C=C\CCCCCCCCCC(=O)NC(CO)C(O)/C=C/CCCCCCCCCCCCCCCCCCCCCCC. The minimum atomic E-state index is -0.854. The fourth-order valence-corrected chi connectivity index (χ4v) is 10.1. The zero-order valence-corrected chi connectivity index (χ0v) is 49.1. The second-order valence-electron chi connectivity index (χ2n) is 22.4. The molecule has 0 aliphatic carbocycles. The van der Waals surface area contributed by atoms with Crippen molar-refractivity contribution >= 4 is 11.9 Å². The van der Waals surface area contributed by atoms with Crippen LogP contribution in [0.5, 0.6) is 0 Å². The fraction of sp³-hybridized carbons (Fsp3) is 0.881. The number of esters is 1. The van der Waals surface area contributed by atoms with Crippen molar-refractivity contribution in [3.8, 4) is 0 Å². The highest BCUT2D eigenvalue weighted by atomic mass is 16.5. The van der Waals surface area contributed by atoms with Crippen molar-refractivity contribution in [2.75, 3.05) is 13.2 Å². The summed E-state index contributed by atoms with van der Waals surface area (Å²) in [5.41, 5.74) is 0. The van der Waals surface area contributed by atoms with Gasteiger partial charge in [-0.2, -0.15) is 0 Å². The van der Waals surface area contributed by atoms with Gasteiger partial charge in [0.15, 0.2) is 0 Å². The summed E-state index contributed by atoms with van der Waals surface area (Å²) in [5.74, 6) is -0.0868. The molecule has 0 rings (SSSR count). The van der Waals surface area contributed by atoms with E-state index in [-0.39, 0.29) is 18.5 Å². The Hall–Kier alpha value is -1.92. The first kappa shape index (κ1) is 71.1. The van der Waals surface area contributed by atoms with Crippen LogP contribution in [0.3, 0.4) is 0 Å². The van der Waals surface area contributed by atoms with Gasteiger partial charge in [0.25, 0.3) is 0 Å². The molecule has 73 heavy (non-hydrogen) atoms. The molecule has 0 radical (unpaired) electrons. The number of aliphatic hydroxyl groups excluding tert-OH is 2. The monoisotopic (exact) mass is 1030 g/mol. The summed E-state index contributed by atoms with van der Waals surface area (Å²) >= 11 is 0. The van der Waals surface area contributed by atoms with Crippen LogP contribution in [0.1, 0.15) is 354 Å². The van der Waals surface area contributed by atoms with Crippen LogP contribution in [0, 0.1) is 0 Å². The molecule has 0 fully saturated rings. The summed E-state index contributed by atoms with van der Waals surface area (Å²) in [6.45, 7) is 4.90. The topological polar surface area (TPSA) is 95.9 Å². The molecule has 0 aliphatic heterocycles. The molecular formula is C67H127NO5. The van der Waals surface area contributed by atoms with Gasteiger partial charge in [-0.1, -0.05) is 294 Å². The zero-order valence-electron chi connectivity index (χ0n) is 49.1. The zero-order chi connectivity index (χ0) is 52.9. The van der Waals surface area contributed by atoms with Crippen LogP contribution in [0.2, 0.25) is 0 Å². The van der Waals surface area contributed by atoms with E-state index in [1.165, 1.54) is 270 Å². The number of unbranched alkanes of at least 4 members (excludes halogenated alkanes) is 46. The molecule has 0 saturated heterocycles. The van der Waals surface area contributed by atoms with Crippen molar-refractivity contribution in [1.82, 2.24) is 5.32 Å². The molecule has 0 spiro atoms. The first-order valence-electron chi connectivity index (χ1n) is 32.8. The van der Waals surface area contributed by atoms with Crippen molar-refractivity contribution in [3.63, 3.8) is 0 Å². The minimum Gasteiger partial charge on any atom is -0.466 e. The number of ether oxygens (including phenoxy) is 1. The second kappa shape index (κ2) is 62.6. The predicted molar refractivity (Wildman–Crippen MR) is 319 cm³/mol. The molecule has 0 aromatic carbocycles. The fourth-order valence-electron chi connectivity index (χ4n) is 10.1. The third-order valence-corrected chi connectivity index (χ3v) is 15.1. The van der Waals surface area contributed by atoms with Gasteiger partial charge in [-0.05, 0) is 83.5 Å². The van der Waals surface area contributed by atoms with Crippen molar-refractivity contribution in [2.45, 2.75) is 366 Å². The molecule has 6 heteroatoms. The number of amides is 1. The van der Waals surface area contributed by atoms with Gasteiger partial charge in [0.05, 0.1) is 25.4 Å².